The predicted molar refractivity (Wildman–Crippen MR) is 56.3 cm³/mol. The Hall–Kier alpha value is -2.04. The number of methoxy groups -OCH3 is 2. The van der Waals surface area contributed by atoms with E-state index in [9.17, 15) is 9.18 Å². The molecule has 1 N–H and O–H groups in total. The highest BCUT2D eigenvalue weighted by Gasteiger charge is 2.08. The van der Waals surface area contributed by atoms with Crippen LogP contribution in [0, 0.1) is 0 Å². The van der Waals surface area contributed by atoms with E-state index in [0.717, 1.165) is 0 Å². The zero-order chi connectivity index (χ0) is 12.1. The molecule has 0 heterocycles. The molecule has 0 amide bonds. The average Bonchev–Trinajstić information content (AvgIpc) is 2.27. The first-order chi connectivity index (χ1) is 7.58. The third-order valence-corrected chi connectivity index (χ3v) is 1.91. The van der Waals surface area contributed by atoms with Gasteiger partial charge in [-0.25, -0.2) is 9.18 Å². The molecular weight excluding hydrogens is 215 g/mol. The zero-order valence-electron chi connectivity index (χ0n) is 8.86. The van der Waals surface area contributed by atoms with Gasteiger partial charge in [0.05, 0.1) is 20.3 Å². The highest BCUT2D eigenvalue weighted by atomic mass is 19.1. The SMILES string of the molecule is COc1ccc(C(F)=CC(=O)O)cc1OC. The summed E-state index contributed by atoms with van der Waals surface area (Å²) >= 11 is 0. The van der Waals surface area contributed by atoms with Gasteiger partial charge in [0.1, 0.15) is 5.83 Å². The van der Waals surface area contributed by atoms with Crippen molar-refractivity contribution in [2.45, 2.75) is 0 Å². The van der Waals surface area contributed by atoms with Gasteiger partial charge in [-0.1, -0.05) is 0 Å². The van der Waals surface area contributed by atoms with E-state index in [1.54, 1.807) is 0 Å². The Kier molecular flexibility index (Phi) is 3.88. The molecule has 0 bridgehead atoms. The number of carbonyl (C=O) groups is 1. The summed E-state index contributed by atoms with van der Waals surface area (Å²) < 4.78 is 23.3. The molecule has 0 saturated carbocycles. The molecule has 1 rings (SSSR count). The van der Waals surface area contributed by atoms with Crippen LogP contribution in [0.3, 0.4) is 0 Å². The lowest BCUT2D eigenvalue weighted by molar-refractivity contribution is -0.131. The molecular formula is C11H11FO4. The molecule has 0 spiro atoms. The van der Waals surface area contributed by atoms with E-state index in [-0.39, 0.29) is 5.56 Å². The molecule has 5 heteroatoms. The van der Waals surface area contributed by atoms with E-state index in [1.165, 1.54) is 32.4 Å². The summed E-state index contributed by atoms with van der Waals surface area (Å²) in [5, 5.41) is 8.40. The van der Waals surface area contributed by atoms with Gasteiger partial charge in [0.15, 0.2) is 11.5 Å². The number of hydrogen-bond donors (Lipinski definition) is 1. The highest BCUT2D eigenvalue weighted by Crippen LogP contribution is 2.30. The number of carboxylic acid groups (broad SMARTS) is 1. The first kappa shape index (κ1) is 12.0. The Morgan fingerprint density at radius 2 is 1.94 bits per heavy atom. The van der Waals surface area contributed by atoms with E-state index >= 15 is 0 Å². The summed E-state index contributed by atoms with van der Waals surface area (Å²) in [6.45, 7) is 0. The number of halogens is 1. The van der Waals surface area contributed by atoms with E-state index in [1.807, 2.05) is 0 Å². The summed E-state index contributed by atoms with van der Waals surface area (Å²) in [4.78, 5) is 10.3. The summed E-state index contributed by atoms with van der Waals surface area (Å²) in [6, 6.07) is 4.28. The van der Waals surface area contributed by atoms with Crippen LogP contribution in [0.1, 0.15) is 5.56 Å². The van der Waals surface area contributed by atoms with Crippen molar-refractivity contribution < 1.29 is 23.8 Å². The quantitative estimate of drug-likeness (QED) is 0.799. The first-order valence-corrected chi connectivity index (χ1v) is 4.41. The topological polar surface area (TPSA) is 55.8 Å². The van der Waals surface area contributed by atoms with E-state index in [0.29, 0.717) is 17.6 Å². The smallest absolute Gasteiger partial charge is 0.331 e. The summed E-state index contributed by atoms with van der Waals surface area (Å²) in [7, 11) is 2.88. The van der Waals surface area contributed by atoms with Gasteiger partial charge in [0, 0.05) is 5.56 Å². The zero-order valence-corrected chi connectivity index (χ0v) is 8.86. The number of benzene rings is 1. The van der Waals surface area contributed by atoms with Crippen molar-refractivity contribution in [2.75, 3.05) is 14.2 Å². The molecule has 0 fully saturated rings. The fraction of sp³-hybridized carbons (Fsp3) is 0.182. The summed E-state index contributed by atoms with van der Waals surface area (Å²) in [5.74, 6) is -1.39. The second kappa shape index (κ2) is 5.16. The van der Waals surface area contributed by atoms with Crippen LogP contribution in [0.25, 0.3) is 5.83 Å². The van der Waals surface area contributed by atoms with E-state index < -0.39 is 11.8 Å². The molecule has 1 aromatic rings. The van der Waals surface area contributed by atoms with Crippen molar-refractivity contribution in [2.24, 2.45) is 0 Å². The molecule has 1 aromatic carbocycles. The molecule has 16 heavy (non-hydrogen) atoms. The molecule has 0 saturated heterocycles. The van der Waals surface area contributed by atoms with Gasteiger partial charge in [0.25, 0.3) is 0 Å². The predicted octanol–water partition coefficient (Wildman–Crippen LogP) is 2.10. The van der Waals surface area contributed by atoms with E-state index in [4.69, 9.17) is 14.6 Å². The lowest BCUT2D eigenvalue weighted by Crippen LogP contribution is -1.93. The number of rotatable bonds is 4. The van der Waals surface area contributed by atoms with Gasteiger partial charge in [-0.3, -0.25) is 0 Å². The van der Waals surface area contributed by atoms with Crippen molar-refractivity contribution in [1.82, 2.24) is 0 Å². The summed E-state index contributed by atoms with van der Waals surface area (Å²) in [5.41, 5.74) is 0.125. The van der Waals surface area contributed by atoms with Crippen LogP contribution in [0.2, 0.25) is 0 Å². The maximum atomic E-state index is 13.3. The molecule has 0 atom stereocenters. The minimum atomic E-state index is -1.34. The molecule has 0 aliphatic heterocycles. The maximum absolute atomic E-state index is 13.3. The van der Waals surface area contributed by atoms with Crippen LogP contribution in [-0.4, -0.2) is 25.3 Å². The molecule has 0 radical (unpaired) electrons. The van der Waals surface area contributed by atoms with Gasteiger partial charge in [-0.15, -0.1) is 0 Å². The van der Waals surface area contributed by atoms with Gasteiger partial charge >= 0.3 is 5.97 Å². The van der Waals surface area contributed by atoms with Crippen LogP contribution >= 0.6 is 0 Å². The van der Waals surface area contributed by atoms with Crippen LogP contribution in [0.5, 0.6) is 11.5 Å². The second-order valence-electron chi connectivity index (χ2n) is 2.90. The van der Waals surface area contributed by atoms with Crippen molar-refractivity contribution in [3.05, 3.63) is 29.8 Å². The molecule has 4 nitrogen and oxygen atoms in total. The molecule has 0 aromatic heterocycles. The minimum Gasteiger partial charge on any atom is -0.493 e. The van der Waals surface area contributed by atoms with E-state index in [2.05, 4.69) is 0 Å². The van der Waals surface area contributed by atoms with Crippen LogP contribution < -0.4 is 9.47 Å². The third kappa shape index (κ3) is 2.73. The van der Waals surface area contributed by atoms with Crippen molar-refractivity contribution in [3.63, 3.8) is 0 Å². The normalized spacial score (nSPS) is 11.1. The third-order valence-electron chi connectivity index (χ3n) is 1.91. The number of aliphatic carboxylic acids is 1. The first-order valence-electron chi connectivity index (χ1n) is 4.41. The van der Waals surface area contributed by atoms with Crippen LogP contribution in [0.15, 0.2) is 24.3 Å². The fourth-order valence-electron chi connectivity index (χ4n) is 1.18. The van der Waals surface area contributed by atoms with Crippen LogP contribution in [-0.2, 0) is 4.79 Å². The fourth-order valence-corrected chi connectivity index (χ4v) is 1.18. The molecule has 0 aliphatic carbocycles. The van der Waals surface area contributed by atoms with Gasteiger partial charge < -0.3 is 14.6 Å². The highest BCUT2D eigenvalue weighted by molar-refractivity contribution is 5.88. The number of ether oxygens (including phenoxy) is 2. The van der Waals surface area contributed by atoms with Crippen molar-refractivity contribution >= 4 is 11.8 Å². The Bertz CT molecular complexity index is 426. The van der Waals surface area contributed by atoms with Gasteiger partial charge in [0.2, 0.25) is 0 Å². The Balaban J connectivity index is 3.13. The molecule has 0 aliphatic rings. The Morgan fingerprint density at radius 3 is 2.44 bits per heavy atom. The van der Waals surface area contributed by atoms with Crippen molar-refractivity contribution in [3.8, 4) is 11.5 Å². The van der Waals surface area contributed by atoms with Crippen LogP contribution in [0.4, 0.5) is 4.39 Å². The van der Waals surface area contributed by atoms with Gasteiger partial charge in [-0.2, -0.15) is 0 Å². The number of hydrogen-bond acceptors (Lipinski definition) is 3. The largest absolute Gasteiger partial charge is 0.493 e. The lowest BCUT2D eigenvalue weighted by Gasteiger charge is -2.08. The maximum Gasteiger partial charge on any atom is 0.331 e. The van der Waals surface area contributed by atoms with Gasteiger partial charge in [-0.05, 0) is 18.2 Å². The lowest BCUT2D eigenvalue weighted by atomic mass is 10.1. The molecule has 86 valence electrons. The Labute approximate surface area is 91.9 Å². The van der Waals surface area contributed by atoms with Crippen molar-refractivity contribution in [1.29, 1.82) is 0 Å². The summed E-state index contributed by atoms with van der Waals surface area (Å²) in [6.07, 6.45) is 0.487. The average molecular weight is 226 g/mol. The standard InChI is InChI=1S/C11H11FO4/c1-15-9-4-3-7(5-10(9)16-2)8(12)6-11(13)14/h3-6H,1-2H3,(H,13,14). The monoisotopic (exact) mass is 226 g/mol. The second-order valence-corrected chi connectivity index (χ2v) is 2.90. The molecule has 0 unspecified atom stereocenters. The Morgan fingerprint density at radius 1 is 1.31 bits per heavy atom. The minimum absolute atomic E-state index is 0.125. The number of carboxylic acids is 1.